The Morgan fingerprint density at radius 2 is 2.27 bits per heavy atom. The molecule has 3 saturated heterocycles. The van der Waals surface area contributed by atoms with Crippen LogP contribution in [0.5, 0.6) is 0 Å². The van der Waals surface area contributed by atoms with Gasteiger partial charge in [0.15, 0.2) is 5.69 Å². The summed E-state index contributed by atoms with van der Waals surface area (Å²) in [7, 11) is 0. The summed E-state index contributed by atoms with van der Waals surface area (Å²) in [6, 6.07) is 6.90. The minimum Gasteiger partial charge on any atom is -0.328 e. The molecule has 5 nitrogen and oxygen atoms in total. The zero-order valence-corrected chi connectivity index (χ0v) is 12.7. The predicted molar refractivity (Wildman–Crippen MR) is 83.7 cm³/mol. The lowest BCUT2D eigenvalue weighted by Crippen LogP contribution is -2.58. The van der Waals surface area contributed by atoms with Crippen LogP contribution in [0.25, 0.3) is 10.9 Å². The highest BCUT2D eigenvalue weighted by atomic mass is 16.2. The van der Waals surface area contributed by atoms with Crippen LogP contribution in [0.15, 0.2) is 18.2 Å². The highest BCUT2D eigenvalue weighted by Crippen LogP contribution is 2.41. The van der Waals surface area contributed by atoms with E-state index in [0.717, 1.165) is 24.0 Å². The van der Waals surface area contributed by atoms with Crippen molar-refractivity contribution in [3.8, 4) is 0 Å². The molecular formula is C17H20N4O. The number of fused-ring (bicyclic) bond motifs is 3. The average Bonchev–Trinajstić information content (AvgIpc) is 2.95. The van der Waals surface area contributed by atoms with E-state index in [4.69, 9.17) is 0 Å². The quantitative estimate of drug-likeness (QED) is 0.873. The molecule has 1 amide bonds. The van der Waals surface area contributed by atoms with Gasteiger partial charge in [-0.1, -0.05) is 12.1 Å². The first-order chi connectivity index (χ1) is 10.7. The number of hydrogen-bond acceptors (Lipinski definition) is 3. The first-order valence-corrected chi connectivity index (χ1v) is 8.20. The monoisotopic (exact) mass is 296 g/mol. The van der Waals surface area contributed by atoms with Gasteiger partial charge in [0, 0.05) is 30.6 Å². The van der Waals surface area contributed by atoms with Gasteiger partial charge in [0.2, 0.25) is 0 Å². The van der Waals surface area contributed by atoms with Gasteiger partial charge >= 0.3 is 0 Å². The molecule has 4 heterocycles. The number of aromatic amines is 1. The summed E-state index contributed by atoms with van der Waals surface area (Å²) in [5.74, 6) is 0.814. The number of rotatable bonds is 1. The minimum atomic E-state index is 0.120. The van der Waals surface area contributed by atoms with E-state index < -0.39 is 0 Å². The molecule has 1 aromatic heterocycles. The lowest BCUT2D eigenvalue weighted by molar-refractivity contribution is 0.0258. The van der Waals surface area contributed by atoms with Gasteiger partial charge in [-0.3, -0.25) is 14.8 Å². The number of nitrogens with zero attached hydrogens (tertiary/aromatic N) is 3. The zero-order valence-electron chi connectivity index (χ0n) is 12.7. The molecule has 114 valence electrons. The summed E-state index contributed by atoms with van der Waals surface area (Å²) in [5, 5.41) is 8.32. The molecule has 0 radical (unpaired) electrons. The molecule has 1 N–H and O–H groups in total. The van der Waals surface area contributed by atoms with Crippen molar-refractivity contribution in [2.75, 3.05) is 19.6 Å². The summed E-state index contributed by atoms with van der Waals surface area (Å²) < 4.78 is 0. The van der Waals surface area contributed by atoms with Gasteiger partial charge in [-0.05, 0) is 43.9 Å². The Labute approximate surface area is 129 Å². The zero-order chi connectivity index (χ0) is 14.8. The van der Waals surface area contributed by atoms with Crippen LogP contribution < -0.4 is 0 Å². The fourth-order valence-electron chi connectivity index (χ4n) is 4.73. The van der Waals surface area contributed by atoms with Crippen LogP contribution >= 0.6 is 0 Å². The molecule has 5 rings (SSSR count). The maximum absolute atomic E-state index is 13.1. The number of aryl methyl sites for hydroxylation is 1. The maximum Gasteiger partial charge on any atom is 0.275 e. The van der Waals surface area contributed by atoms with Gasteiger partial charge in [0.25, 0.3) is 5.91 Å². The lowest BCUT2D eigenvalue weighted by Gasteiger charge is -2.44. The second kappa shape index (κ2) is 4.32. The van der Waals surface area contributed by atoms with Crippen LogP contribution in [0.2, 0.25) is 0 Å². The number of benzene rings is 1. The molecule has 22 heavy (non-hydrogen) atoms. The standard InChI is InChI=1S/C17H20N4O/c1-10-2-3-13-14(6-10)18-19-16(13)17(22)21-12-7-11-4-5-20(8-12)9-15(11)21/h2-3,6,11-12,15H,4-5,7-9H2,1H3,(H,18,19)/t11-,12-,15-/m1/s1. The fraction of sp³-hybridized carbons (Fsp3) is 0.529. The number of piperidine rings is 1. The molecule has 3 fully saturated rings. The smallest absolute Gasteiger partial charge is 0.275 e. The van der Waals surface area contributed by atoms with Gasteiger partial charge in [-0.2, -0.15) is 5.10 Å². The Morgan fingerprint density at radius 1 is 1.36 bits per heavy atom. The van der Waals surface area contributed by atoms with Crippen LogP contribution in [-0.4, -0.2) is 57.6 Å². The van der Waals surface area contributed by atoms with Crippen molar-refractivity contribution in [1.29, 1.82) is 0 Å². The molecule has 0 aliphatic carbocycles. The van der Waals surface area contributed by atoms with Crippen LogP contribution in [0.1, 0.15) is 28.9 Å². The van der Waals surface area contributed by atoms with Crippen molar-refractivity contribution in [1.82, 2.24) is 20.0 Å². The van der Waals surface area contributed by atoms with E-state index in [2.05, 4.69) is 33.0 Å². The number of carbonyl (C=O) groups excluding carboxylic acids is 1. The number of H-pyrrole nitrogens is 1. The van der Waals surface area contributed by atoms with Gasteiger partial charge in [0.05, 0.1) is 5.52 Å². The fourth-order valence-corrected chi connectivity index (χ4v) is 4.73. The van der Waals surface area contributed by atoms with Gasteiger partial charge in [0.1, 0.15) is 0 Å². The first-order valence-electron chi connectivity index (χ1n) is 8.20. The molecule has 0 saturated carbocycles. The van der Waals surface area contributed by atoms with Crippen molar-refractivity contribution in [3.05, 3.63) is 29.5 Å². The Kier molecular flexibility index (Phi) is 2.48. The van der Waals surface area contributed by atoms with E-state index >= 15 is 0 Å². The Balaban J connectivity index is 1.54. The number of hydrogen-bond donors (Lipinski definition) is 1. The van der Waals surface area contributed by atoms with Crippen molar-refractivity contribution in [2.24, 2.45) is 5.92 Å². The number of aromatic nitrogens is 2. The van der Waals surface area contributed by atoms with E-state index in [0.29, 0.717) is 23.7 Å². The summed E-state index contributed by atoms with van der Waals surface area (Å²) >= 11 is 0. The highest BCUT2D eigenvalue weighted by Gasteiger charge is 2.51. The molecule has 3 aliphatic heterocycles. The average molecular weight is 296 g/mol. The normalized spacial score (nSPS) is 32.9. The van der Waals surface area contributed by atoms with E-state index in [9.17, 15) is 4.79 Å². The largest absolute Gasteiger partial charge is 0.328 e. The topological polar surface area (TPSA) is 52.2 Å². The molecule has 5 heteroatoms. The summed E-state index contributed by atoms with van der Waals surface area (Å²) in [6.07, 6.45) is 2.42. The molecule has 3 bridgehead atoms. The van der Waals surface area contributed by atoms with E-state index in [1.165, 1.54) is 24.9 Å². The summed E-state index contributed by atoms with van der Waals surface area (Å²) in [4.78, 5) is 17.8. The molecule has 4 atom stereocenters. The SMILES string of the molecule is Cc1ccc2c(C(=O)N3[C@@H]4C[C@H]5CCN(C4)C[C@H]53)n[nH]c2c1. The van der Waals surface area contributed by atoms with E-state index in [1.807, 2.05) is 12.1 Å². The van der Waals surface area contributed by atoms with Crippen LogP contribution in [0.4, 0.5) is 0 Å². The summed E-state index contributed by atoms with van der Waals surface area (Å²) in [5.41, 5.74) is 2.73. The number of piperazine rings is 1. The highest BCUT2D eigenvalue weighted by molar-refractivity contribution is 6.05. The second-order valence-electron chi connectivity index (χ2n) is 7.10. The molecule has 0 spiro atoms. The third kappa shape index (κ3) is 1.63. The van der Waals surface area contributed by atoms with Gasteiger partial charge in [-0.25, -0.2) is 0 Å². The summed E-state index contributed by atoms with van der Waals surface area (Å²) in [6.45, 7) is 5.36. The van der Waals surface area contributed by atoms with Crippen molar-refractivity contribution >= 4 is 16.8 Å². The number of amides is 1. The number of carbonyl (C=O) groups is 1. The van der Waals surface area contributed by atoms with E-state index in [-0.39, 0.29) is 5.91 Å². The Morgan fingerprint density at radius 3 is 3.18 bits per heavy atom. The third-order valence-corrected chi connectivity index (χ3v) is 5.76. The number of nitrogens with one attached hydrogen (secondary N) is 1. The minimum absolute atomic E-state index is 0.120. The second-order valence-corrected chi connectivity index (χ2v) is 7.10. The van der Waals surface area contributed by atoms with Crippen molar-refractivity contribution in [3.63, 3.8) is 0 Å². The third-order valence-electron chi connectivity index (χ3n) is 5.76. The molecule has 2 aromatic rings. The molecule has 1 unspecified atom stereocenters. The molecule has 3 aliphatic rings. The molecule has 1 aromatic carbocycles. The lowest BCUT2D eigenvalue weighted by atomic mass is 9.93. The van der Waals surface area contributed by atoms with Gasteiger partial charge in [-0.15, -0.1) is 0 Å². The van der Waals surface area contributed by atoms with Gasteiger partial charge < -0.3 is 4.90 Å². The van der Waals surface area contributed by atoms with Crippen molar-refractivity contribution in [2.45, 2.75) is 31.8 Å². The van der Waals surface area contributed by atoms with Crippen LogP contribution in [-0.2, 0) is 0 Å². The molecular weight excluding hydrogens is 276 g/mol. The first kappa shape index (κ1) is 12.6. The Hall–Kier alpha value is -1.88. The Bertz CT molecular complexity index is 763. The van der Waals surface area contributed by atoms with Crippen molar-refractivity contribution < 1.29 is 4.79 Å². The van der Waals surface area contributed by atoms with Crippen LogP contribution in [0.3, 0.4) is 0 Å². The maximum atomic E-state index is 13.1. The van der Waals surface area contributed by atoms with Crippen LogP contribution in [0, 0.1) is 12.8 Å². The predicted octanol–water partition coefficient (Wildman–Crippen LogP) is 1.79. The van der Waals surface area contributed by atoms with E-state index in [1.54, 1.807) is 0 Å².